The zero-order valence-electron chi connectivity index (χ0n) is 40.6. The third kappa shape index (κ3) is 45.6. The summed E-state index contributed by atoms with van der Waals surface area (Å²) in [4.78, 5) is 37.2. The molecular formula is C52H98NO8+. The van der Waals surface area contributed by atoms with Crippen LogP contribution in [0.4, 0.5) is 0 Å². The molecule has 0 aromatic carbocycles. The predicted molar refractivity (Wildman–Crippen MR) is 254 cm³/mol. The van der Waals surface area contributed by atoms with Gasteiger partial charge in [0.25, 0.3) is 6.29 Å². The molecule has 2 unspecified atom stereocenters. The van der Waals surface area contributed by atoms with Gasteiger partial charge in [0.15, 0.2) is 6.10 Å². The molecule has 0 fully saturated rings. The lowest BCUT2D eigenvalue weighted by molar-refractivity contribution is -0.870. The first-order chi connectivity index (χ1) is 29.6. The average Bonchev–Trinajstić information content (AvgIpc) is 3.22. The van der Waals surface area contributed by atoms with Gasteiger partial charge in [-0.25, -0.2) is 4.79 Å². The quantitative estimate of drug-likeness (QED) is 0.0212. The Morgan fingerprint density at radius 1 is 0.492 bits per heavy atom. The summed E-state index contributed by atoms with van der Waals surface area (Å²) in [5.74, 6) is -2.00. The van der Waals surface area contributed by atoms with Crippen LogP contribution >= 0.6 is 0 Å². The number of esters is 2. The van der Waals surface area contributed by atoms with Gasteiger partial charge in [-0.3, -0.25) is 9.59 Å². The number of hydrogen-bond donors (Lipinski definition) is 1. The van der Waals surface area contributed by atoms with Gasteiger partial charge in [-0.05, 0) is 44.9 Å². The number of carbonyl (C=O) groups excluding carboxylic acids is 2. The highest BCUT2D eigenvalue weighted by Gasteiger charge is 2.25. The average molecular weight is 865 g/mol. The van der Waals surface area contributed by atoms with Crippen LogP contribution in [0.5, 0.6) is 0 Å². The van der Waals surface area contributed by atoms with Gasteiger partial charge in [0.1, 0.15) is 13.2 Å². The molecule has 0 aromatic heterocycles. The molecule has 1 N–H and O–H groups in total. The zero-order chi connectivity index (χ0) is 44.9. The minimum Gasteiger partial charge on any atom is -0.477 e. The molecule has 358 valence electrons. The van der Waals surface area contributed by atoms with Crippen LogP contribution in [-0.4, -0.2) is 87.4 Å². The molecule has 0 saturated heterocycles. The fourth-order valence-electron chi connectivity index (χ4n) is 7.22. The van der Waals surface area contributed by atoms with Gasteiger partial charge < -0.3 is 28.5 Å². The fourth-order valence-corrected chi connectivity index (χ4v) is 7.22. The van der Waals surface area contributed by atoms with E-state index in [1.165, 1.54) is 161 Å². The molecule has 0 aromatic rings. The van der Waals surface area contributed by atoms with Crippen LogP contribution in [0.2, 0.25) is 0 Å². The number of rotatable bonds is 47. The normalized spacial score (nSPS) is 13.0. The van der Waals surface area contributed by atoms with E-state index in [2.05, 4.69) is 38.2 Å². The minimum atomic E-state index is -1.50. The van der Waals surface area contributed by atoms with Crippen LogP contribution in [0.25, 0.3) is 0 Å². The van der Waals surface area contributed by atoms with Gasteiger partial charge in [-0.2, -0.15) is 0 Å². The number of quaternary nitrogens is 1. The Balaban J connectivity index is 4.22. The summed E-state index contributed by atoms with van der Waals surface area (Å²) >= 11 is 0. The second-order valence-electron chi connectivity index (χ2n) is 18.5. The topological polar surface area (TPSA) is 108 Å². The Labute approximate surface area is 376 Å². The van der Waals surface area contributed by atoms with Gasteiger partial charge in [0, 0.05) is 12.8 Å². The number of aliphatic carboxylic acids is 1. The standard InChI is InChI=1S/C52H97NO8/c1-6-8-10-12-14-16-18-19-20-21-22-23-24-25-26-27-28-29-30-31-33-35-37-39-41-43-50(55)61-48(47-60-52(51(56)57)58-45-44-53(3,4)5)46-59-49(54)42-40-38-36-34-32-17-15-13-11-9-7-2/h18-19,21-22,48,52H,6-17,20,23-47H2,1-5H3/p+1/b19-18-,22-21-. The van der Waals surface area contributed by atoms with Crippen molar-refractivity contribution in [2.45, 2.75) is 245 Å². The van der Waals surface area contributed by atoms with Crippen molar-refractivity contribution >= 4 is 17.9 Å². The number of likely N-dealkylation sites (N-methyl/N-ethyl adjacent to an activating group) is 1. The number of nitrogens with zero attached hydrogens (tertiary/aromatic N) is 1. The zero-order valence-corrected chi connectivity index (χ0v) is 40.6. The third-order valence-corrected chi connectivity index (χ3v) is 11.2. The number of ether oxygens (including phenoxy) is 4. The number of allylic oxidation sites excluding steroid dienone is 4. The van der Waals surface area contributed by atoms with Crippen LogP contribution in [0.3, 0.4) is 0 Å². The fraction of sp³-hybridized carbons (Fsp3) is 0.865. The van der Waals surface area contributed by atoms with Crippen LogP contribution in [0, 0.1) is 0 Å². The third-order valence-electron chi connectivity index (χ3n) is 11.2. The summed E-state index contributed by atoms with van der Waals surface area (Å²) in [6.07, 6.45) is 46.7. The van der Waals surface area contributed by atoms with Gasteiger partial charge in [-0.15, -0.1) is 0 Å². The first kappa shape index (κ1) is 58.8. The number of hydrogen-bond acceptors (Lipinski definition) is 7. The molecule has 0 amide bonds. The SMILES string of the molecule is CCCCCCC/C=C\C/C=C\CCCCCCCCCCCCCCCC(=O)OC(COC(=O)CCCCCCCCCCCCC)COC(OCC[N+](C)(C)C)C(=O)O. The van der Waals surface area contributed by atoms with E-state index in [9.17, 15) is 19.5 Å². The molecule has 0 bridgehead atoms. The molecule has 9 heteroatoms. The Morgan fingerprint density at radius 3 is 1.30 bits per heavy atom. The molecule has 0 rings (SSSR count). The van der Waals surface area contributed by atoms with Crippen LogP contribution in [0.15, 0.2) is 24.3 Å². The molecule has 2 atom stereocenters. The van der Waals surface area contributed by atoms with Crippen molar-refractivity contribution in [2.24, 2.45) is 0 Å². The van der Waals surface area contributed by atoms with Gasteiger partial charge in [0.05, 0.1) is 34.4 Å². The first-order valence-corrected chi connectivity index (χ1v) is 25.5. The Bertz CT molecular complexity index is 1050. The van der Waals surface area contributed by atoms with E-state index in [1.807, 2.05) is 21.1 Å². The summed E-state index contributed by atoms with van der Waals surface area (Å²) in [5.41, 5.74) is 0. The maximum Gasteiger partial charge on any atom is 0.361 e. The van der Waals surface area contributed by atoms with Gasteiger partial charge in [0.2, 0.25) is 0 Å². The van der Waals surface area contributed by atoms with Crippen LogP contribution in [0.1, 0.15) is 232 Å². The van der Waals surface area contributed by atoms with E-state index < -0.39 is 24.3 Å². The van der Waals surface area contributed by atoms with E-state index in [0.717, 1.165) is 44.9 Å². The van der Waals surface area contributed by atoms with Gasteiger partial charge >= 0.3 is 17.9 Å². The van der Waals surface area contributed by atoms with E-state index in [4.69, 9.17) is 18.9 Å². The summed E-state index contributed by atoms with van der Waals surface area (Å²) in [6, 6.07) is 0. The second-order valence-corrected chi connectivity index (χ2v) is 18.5. The molecule has 0 heterocycles. The van der Waals surface area contributed by atoms with Crippen LogP contribution < -0.4 is 0 Å². The van der Waals surface area contributed by atoms with E-state index in [-0.39, 0.29) is 32.2 Å². The molecule has 0 radical (unpaired) electrons. The Kier molecular flexibility index (Phi) is 42.8. The molecular weight excluding hydrogens is 767 g/mol. The summed E-state index contributed by atoms with van der Waals surface area (Å²) < 4.78 is 22.8. The summed E-state index contributed by atoms with van der Waals surface area (Å²) in [6.45, 7) is 4.87. The van der Waals surface area contributed by atoms with E-state index >= 15 is 0 Å². The van der Waals surface area contributed by atoms with E-state index in [1.54, 1.807) is 0 Å². The van der Waals surface area contributed by atoms with Crippen molar-refractivity contribution in [1.82, 2.24) is 0 Å². The van der Waals surface area contributed by atoms with Crippen molar-refractivity contribution in [3.05, 3.63) is 24.3 Å². The Hall–Kier alpha value is -2.23. The van der Waals surface area contributed by atoms with Gasteiger partial charge in [-0.1, -0.05) is 199 Å². The lowest BCUT2D eigenvalue weighted by Gasteiger charge is -2.25. The molecule has 0 spiro atoms. The number of carbonyl (C=O) groups is 3. The molecule has 0 aliphatic heterocycles. The summed E-state index contributed by atoms with van der Waals surface area (Å²) in [5, 5.41) is 9.65. The van der Waals surface area contributed by atoms with Crippen molar-refractivity contribution in [3.63, 3.8) is 0 Å². The lowest BCUT2D eigenvalue weighted by atomic mass is 10.0. The first-order valence-electron chi connectivity index (χ1n) is 25.5. The van der Waals surface area contributed by atoms with Crippen molar-refractivity contribution in [2.75, 3.05) is 47.5 Å². The Morgan fingerprint density at radius 2 is 0.885 bits per heavy atom. The number of unbranched alkanes of at least 4 members (excludes halogenated alkanes) is 28. The molecule has 0 saturated carbocycles. The molecule has 0 aliphatic carbocycles. The second kappa shape index (κ2) is 44.4. The van der Waals surface area contributed by atoms with Crippen molar-refractivity contribution in [1.29, 1.82) is 0 Å². The summed E-state index contributed by atoms with van der Waals surface area (Å²) in [7, 11) is 5.96. The van der Waals surface area contributed by atoms with E-state index in [0.29, 0.717) is 17.4 Å². The van der Waals surface area contributed by atoms with Crippen molar-refractivity contribution in [3.8, 4) is 0 Å². The monoisotopic (exact) mass is 865 g/mol. The highest BCUT2D eigenvalue weighted by atomic mass is 16.7. The maximum atomic E-state index is 12.8. The lowest BCUT2D eigenvalue weighted by Crippen LogP contribution is -2.40. The highest BCUT2D eigenvalue weighted by molar-refractivity contribution is 5.71. The minimum absolute atomic E-state index is 0.178. The molecule has 9 nitrogen and oxygen atoms in total. The molecule has 0 aliphatic rings. The van der Waals surface area contributed by atoms with Crippen molar-refractivity contribution < 1.29 is 42.9 Å². The smallest absolute Gasteiger partial charge is 0.361 e. The molecule has 61 heavy (non-hydrogen) atoms. The largest absolute Gasteiger partial charge is 0.477 e. The van der Waals surface area contributed by atoms with Crippen LogP contribution in [-0.2, 0) is 33.3 Å². The number of carboxylic acid groups (broad SMARTS) is 1. The number of carboxylic acids is 1. The highest BCUT2D eigenvalue weighted by Crippen LogP contribution is 2.16. The predicted octanol–water partition coefficient (Wildman–Crippen LogP) is 14.0. The maximum absolute atomic E-state index is 12.8.